The molecule has 0 saturated carbocycles. The van der Waals surface area contributed by atoms with Gasteiger partial charge in [0.1, 0.15) is 5.82 Å². The van der Waals surface area contributed by atoms with Gasteiger partial charge in [-0.25, -0.2) is 9.18 Å². The standard InChI is InChI=1S/C18H21FN2O2/c1-12(2)13-7-9-14(10-8-13)21-18(23)20-11-17(22)15-5-3-4-6-16(15)19/h3-10,12,17,22H,11H2,1-2H3,(H2,20,21,23). The van der Waals surface area contributed by atoms with Gasteiger partial charge in [0.25, 0.3) is 0 Å². The molecule has 0 spiro atoms. The molecule has 4 nitrogen and oxygen atoms in total. The molecule has 0 aromatic heterocycles. The van der Waals surface area contributed by atoms with E-state index >= 15 is 0 Å². The Balaban J connectivity index is 1.86. The van der Waals surface area contributed by atoms with Gasteiger partial charge in [-0.05, 0) is 29.7 Å². The molecule has 0 bridgehead atoms. The van der Waals surface area contributed by atoms with Crippen LogP contribution in [0.4, 0.5) is 14.9 Å². The van der Waals surface area contributed by atoms with E-state index in [4.69, 9.17) is 0 Å². The third-order valence-electron chi connectivity index (χ3n) is 3.56. The molecule has 2 aromatic rings. The summed E-state index contributed by atoms with van der Waals surface area (Å²) >= 11 is 0. The Morgan fingerprint density at radius 2 is 1.78 bits per heavy atom. The zero-order valence-corrected chi connectivity index (χ0v) is 13.2. The zero-order valence-electron chi connectivity index (χ0n) is 13.2. The first-order valence-corrected chi connectivity index (χ1v) is 7.54. The van der Waals surface area contributed by atoms with Crippen LogP contribution in [0.15, 0.2) is 48.5 Å². The van der Waals surface area contributed by atoms with E-state index in [9.17, 15) is 14.3 Å². The van der Waals surface area contributed by atoms with Gasteiger partial charge in [0.15, 0.2) is 0 Å². The van der Waals surface area contributed by atoms with Gasteiger partial charge in [0.2, 0.25) is 0 Å². The Morgan fingerprint density at radius 3 is 2.39 bits per heavy atom. The number of aliphatic hydroxyl groups excluding tert-OH is 1. The number of aliphatic hydroxyl groups is 1. The summed E-state index contributed by atoms with van der Waals surface area (Å²) < 4.78 is 13.5. The van der Waals surface area contributed by atoms with Crippen LogP contribution in [-0.4, -0.2) is 17.7 Å². The minimum Gasteiger partial charge on any atom is -0.386 e. The van der Waals surface area contributed by atoms with E-state index in [-0.39, 0.29) is 12.1 Å². The topological polar surface area (TPSA) is 61.4 Å². The smallest absolute Gasteiger partial charge is 0.319 e. The molecule has 0 heterocycles. The molecule has 2 rings (SSSR count). The van der Waals surface area contributed by atoms with Crippen LogP contribution in [0, 0.1) is 5.82 Å². The number of halogens is 1. The summed E-state index contributed by atoms with van der Waals surface area (Å²) in [5.74, 6) is -0.0692. The van der Waals surface area contributed by atoms with E-state index in [1.54, 1.807) is 12.1 Å². The second-order valence-electron chi connectivity index (χ2n) is 5.65. The quantitative estimate of drug-likeness (QED) is 0.785. The van der Waals surface area contributed by atoms with Crippen LogP contribution in [0.2, 0.25) is 0 Å². The van der Waals surface area contributed by atoms with Crippen LogP contribution in [0.1, 0.15) is 37.0 Å². The molecule has 0 aliphatic carbocycles. The molecule has 2 aromatic carbocycles. The second kappa shape index (κ2) is 7.74. The lowest BCUT2D eigenvalue weighted by Gasteiger charge is -2.14. The van der Waals surface area contributed by atoms with Crippen LogP contribution in [0.25, 0.3) is 0 Å². The van der Waals surface area contributed by atoms with Gasteiger partial charge in [0, 0.05) is 17.8 Å². The third-order valence-corrected chi connectivity index (χ3v) is 3.56. The summed E-state index contributed by atoms with van der Waals surface area (Å²) in [5, 5.41) is 15.1. The van der Waals surface area contributed by atoms with Crippen LogP contribution in [-0.2, 0) is 0 Å². The maximum atomic E-state index is 13.5. The highest BCUT2D eigenvalue weighted by Crippen LogP contribution is 2.17. The van der Waals surface area contributed by atoms with Crippen molar-refractivity contribution in [2.24, 2.45) is 0 Å². The Labute approximate surface area is 135 Å². The van der Waals surface area contributed by atoms with Crippen molar-refractivity contribution in [3.63, 3.8) is 0 Å². The number of amides is 2. The zero-order chi connectivity index (χ0) is 16.8. The summed E-state index contributed by atoms with van der Waals surface area (Å²) in [4.78, 5) is 11.8. The fraction of sp³-hybridized carbons (Fsp3) is 0.278. The Bertz CT molecular complexity index is 656. The van der Waals surface area contributed by atoms with E-state index in [0.717, 1.165) is 0 Å². The van der Waals surface area contributed by atoms with E-state index in [2.05, 4.69) is 24.5 Å². The third kappa shape index (κ3) is 4.79. The largest absolute Gasteiger partial charge is 0.386 e. The average Bonchev–Trinajstić information content (AvgIpc) is 2.53. The number of nitrogens with one attached hydrogen (secondary N) is 2. The molecule has 3 N–H and O–H groups in total. The van der Waals surface area contributed by atoms with Crippen LogP contribution in [0.5, 0.6) is 0 Å². The fourth-order valence-corrected chi connectivity index (χ4v) is 2.17. The number of carbonyl (C=O) groups is 1. The van der Waals surface area contributed by atoms with E-state index in [0.29, 0.717) is 11.6 Å². The highest BCUT2D eigenvalue weighted by Gasteiger charge is 2.13. The first-order chi connectivity index (χ1) is 11.0. The van der Waals surface area contributed by atoms with Gasteiger partial charge < -0.3 is 15.7 Å². The Hall–Kier alpha value is -2.40. The molecule has 1 atom stereocenters. The second-order valence-corrected chi connectivity index (χ2v) is 5.65. The molecule has 0 radical (unpaired) electrons. The normalized spacial score (nSPS) is 12.0. The summed E-state index contributed by atoms with van der Waals surface area (Å²) in [7, 11) is 0. The van der Waals surface area contributed by atoms with Crippen molar-refractivity contribution in [3.05, 3.63) is 65.5 Å². The van der Waals surface area contributed by atoms with Crippen molar-refractivity contribution in [1.82, 2.24) is 5.32 Å². The predicted octanol–water partition coefficient (Wildman–Crippen LogP) is 3.80. The lowest BCUT2D eigenvalue weighted by molar-refractivity contribution is 0.170. The van der Waals surface area contributed by atoms with Gasteiger partial charge in [-0.2, -0.15) is 0 Å². The Kier molecular flexibility index (Phi) is 5.71. The lowest BCUT2D eigenvalue weighted by atomic mass is 10.0. The minimum atomic E-state index is -1.09. The number of anilines is 1. The van der Waals surface area contributed by atoms with E-state index < -0.39 is 18.0 Å². The van der Waals surface area contributed by atoms with Crippen molar-refractivity contribution in [2.45, 2.75) is 25.9 Å². The van der Waals surface area contributed by atoms with Crippen molar-refractivity contribution in [3.8, 4) is 0 Å². The summed E-state index contributed by atoms with van der Waals surface area (Å²) in [5.41, 5.74) is 2.01. The van der Waals surface area contributed by atoms with E-state index in [1.165, 1.54) is 17.7 Å². The van der Waals surface area contributed by atoms with Gasteiger partial charge >= 0.3 is 6.03 Å². The Morgan fingerprint density at radius 1 is 1.13 bits per heavy atom. The minimum absolute atomic E-state index is 0.0726. The number of hydrogen-bond acceptors (Lipinski definition) is 2. The highest BCUT2D eigenvalue weighted by atomic mass is 19.1. The molecule has 1 unspecified atom stereocenters. The monoisotopic (exact) mass is 316 g/mol. The van der Waals surface area contributed by atoms with Crippen LogP contribution < -0.4 is 10.6 Å². The number of carbonyl (C=O) groups excluding carboxylic acids is 1. The van der Waals surface area contributed by atoms with Gasteiger partial charge in [-0.3, -0.25) is 0 Å². The van der Waals surface area contributed by atoms with Crippen molar-refractivity contribution < 1.29 is 14.3 Å². The molecule has 5 heteroatoms. The summed E-state index contributed by atoms with van der Waals surface area (Å²) in [6.45, 7) is 4.12. The maximum Gasteiger partial charge on any atom is 0.319 e. The molecular formula is C18H21FN2O2. The fourth-order valence-electron chi connectivity index (χ4n) is 2.17. The van der Waals surface area contributed by atoms with Crippen LogP contribution in [0.3, 0.4) is 0 Å². The molecule has 0 aliphatic rings. The number of urea groups is 1. The molecule has 0 fully saturated rings. The molecule has 122 valence electrons. The number of rotatable bonds is 5. The molecule has 0 aliphatic heterocycles. The van der Waals surface area contributed by atoms with Crippen molar-refractivity contribution in [1.29, 1.82) is 0 Å². The first kappa shape index (κ1) is 17.0. The van der Waals surface area contributed by atoms with Gasteiger partial charge in [-0.1, -0.05) is 44.2 Å². The maximum absolute atomic E-state index is 13.5. The molecular weight excluding hydrogens is 295 g/mol. The summed E-state index contributed by atoms with van der Waals surface area (Å²) in [6, 6.07) is 13.1. The van der Waals surface area contributed by atoms with Crippen molar-refractivity contribution >= 4 is 11.7 Å². The highest BCUT2D eigenvalue weighted by molar-refractivity contribution is 5.89. The molecule has 0 saturated heterocycles. The van der Waals surface area contributed by atoms with Gasteiger partial charge in [0.05, 0.1) is 6.10 Å². The predicted molar refractivity (Wildman–Crippen MR) is 88.9 cm³/mol. The van der Waals surface area contributed by atoms with E-state index in [1.807, 2.05) is 24.3 Å². The molecule has 2 amide bonds. The average molecular weight is 316 g/mol. The van der Waals surface area contributed by atoms with Gasteiger partial charge in [-0.15, -0.1) is 0 Å². The SMILES string of the molecule is CC(C)c1ccc(NC(=O)NCC(O)c2ccccc2F)cc1. The molecule has 23 heavy (non-hydrogen) atoms. The first-order valence-electron chi connectivity index (χ1n) is 7.54. The lowest BCUT2D eigenvalue weighted by Crippen LogP contribution is -2.32. The summed E-state index contributed by atoms with van der Waals surface area (Å²) in [6.07, 6.45) is -1.09. The van der Waals surface area contributed by atoms with Crippen LogP contribution >= 0.6 is 0 Å². The number of hydrogen-bond donors (Lipinski definition) is 3. The number of benzene rings is 2. The van der Waals surface area contributed by atoms with Crippen molar-refractivity contribution in [2.75, 3.05) is 11.9 Å².